The van der Waals surface area contributed by atoms with Crippen LogP contribution >= 0.6 is 15.9 Å². The molecule has 0 heterocycles. The SMILES string of the molecule is COCCC1(CNc2cc(F)c(Br)cc2N)CC1. The zero-order chi connectivity index (χ0) is 13.2. The standard InChI is InChI=1S/C13H18BrFN2O/c1-18-5-4-13(2-3-13)8-17-12-7-10(15)9(14)6-11(12)16/h6-7,17H,2-5,8,16H2,1H3. The van der Waals surface area contributed by atoms with Crippen molar-refractivity contribution in [1.29, 1.82) is 0 Å². The Morgan fingerprint density at radius 1 is 1.50 bits per heavy atom. The first-order chi connectivity index (χ1) is 8.56. The molecule has 1 aromatic rings. The lowest BCUT2D eigenvalue weighted by Crippen LogP contribution is -2.18. The highest BCUT2D eigenvalue weighted by Crippen LogP contribution is 2.48. The van der Waals surface area contributed by atoms with Crippen molar-refractivity contribution >= 4 is 27.3 Å². The first-order valence-corrected chi connectivity index (χ1v) is 6.83. The molecule has 0 aromatic heterocycles. The Balaban J connectivity index is 1.96. The minimum absolute atomic E-state index is 0.298. The summed E-state index contributed by atoms with van der Waals surface area (Å²) in [6.45, 7) is 1.59. The quantitative estimate of drug-likeness (QED) is 0.791. The molecule has 1 aliphatic rings. The van der Waals surface area contributed by atoms with Gasteiger partial charge >= 0.3 is 0 Å². The minimum atomic E-state index is -0.298. The molecular formula is C13H18BrFN2O. The molecule has 1 fully saturated rings. The highest BCUT2D eigenvalue weighted by atomic mass is 79.9. The van der Waals surface area contributed by atoms with Gasteiger partial charge in [0.05, 0.1) is 15.8 Å². The zero-order valence-electron chi connectivity index (χ0n) is 10.4. The number of halogens is 2. The summed E-state index contributed by atoms with van der Waals surface area (Å²) in [7, 11) is 1.71. The molecule has 0 amide bonds. The van der Waals surface area contributed by atoms with Crippen LogP contribution < -0.4 is 11.1 Å². The van der Waals surface area contributed by atoms with Gasteiger partial charge in [0.1, 0.15) is 5.82 Å². The van der Waals surface area contributed by atoms with Crippen LogP contribution in [-0.2, 0) is 4.74 Å². The Labute approximate surface area is 115 Å². The first kappa shape index (κ1) is 13.6. The molecule has 18 heavy (non-hydrogen) atoms. The number of hydrogen-bond donors (Lipinski definition) is 2. The lowest BCUT2D eigenvalue weighted by molar-refractivity contribution is 0.175. The van der Waals surface area contributed by atoms with Gasteiger partial charge in [-0.05, 0) is 46.7 Å². The second-order valence-corrected chi connectivity index (χ2v) is 5.80. The lowest BCUT2D eigenvalue weighted by Gasteiger charge is -2.17. The molecule has 0 aliphatic heterocycles. The van der Waals surface area contributed by atoms with Gasteiger partial charge in [0.15, 0.2) is 0 Å². The Morgan fingerprint density at radius 2 is 2.22 bits per heavy atom. The number of rotatable bonds is 6. The molecule has 5 heteroatoms. The molecule has 3 nitrogen and oxygen atoms in total. The van der Waals surface area contributed by atoms with Crippen LogP contribution in [-0.4, -0.2) is 20.3 Å². The summed E-state index contributed by atoms with van der Waals surface area (Å²) in [4.78, 5) is 0. The normalized spacial score (nSPS) is 16.6. The summed E-state index contributed by atoms with van der Waals surface area (Å²) in [6, 6.07) is 3.03. The van der Waals surface area contributed by atoms with E-state index < -0.39 is 0 Å². The van der Waals surface area contributed by atoms with Crippen LogP contribution in [0.15, 0.2) is 16.6 Å². The van der Waals surface area contributed by atoms with E-state index in [1.54, 1.807) is 13.2 Å². The van der Waals surface area contributed by atoms with Gasteiger partial charge in [-0.3, -0.25) is 0 Å². The fourth-order valence-electron chi connectivity index (χ4n) is 2.01. The molecule has 0 bridgehead atoms. The number of nitrogens with one attached hydrogen (secondary N) is 1. The van der Waals surface area contributed by atoms with E-state index >= 15 is 0 Å². The van der Waals surface area contributed by atoms with E-state index in [4.69, 9.17) is 10.5 Å². The van der Waals surface area contributed by atoms with Gasteiger partial charge in [-0.15, -0.1) is 0 Å². The van der Waals surface area contributed by atoms with Crippen molar-refractivity contribution in [3.63, 3.8) is 0 Å². The van der Waals surface area contributed by atoms with Crippen molar-refractivity contribution in [3.8, 4) is 0 Å². The topological polar surface area (TPSA) is 47.3 Å². The van der Waals surface area contributed by atoms with Crippen LogP contribution in [0.2, 0.25) is 0 Å². The van der Waals surface area contributed by atoms with E-state index in [2.05, 4.69) is 21.2 Å². The number of benzene rings is 1. The Bertz CT molecular complexity index is 435. The third kappa shape index (κ3) is 3.14. The van der Waals surface area contributed by atoms with Crippen LogP contribution in [0.4, 0.5) is 15.8 Å². The molecule has 2 rings (SSSR count). The fourth-order valence-corrected chi connectivity index (χ4v) is 2.37. The van der Waals surface area contributed by atoms with Gasteiger partial charge in [-0.2, -0.15) is 0 Å². The van der Waals surface area contributed by atoms with E-state index in [1.807, 2.05) is 0 Å². The fraction of sp³-hybridized carbons (Fsp3) is 0.538. The van der Waals surface area contributed by atoms with Crippen molar-refractivity contribution < 1.29 is 9.13 Å². The van der Waals surface area contributed by atoms with Crippen molar-refractivity contribution in [2.75, 3.05) is 31.3 Å². The summed E-state index contributed by atoms with van der Waals surface area (Å²) < 4.78 is 18.9. The molecule has 0 spiro atoms. The average Bonchev–Trinajstić information content (AvgIpc) is 3.10. The highest BCUT2D eigenvalue weighted by molar-refractivity contribution is 9.10. The Morgan fingerprint density at radius 3 is 2.83 bits per heavy atom. The summed E-state index contributed by atoms with van der Waals surface area (Å²) in [6.07, 6.45) is 3.43. The number of nitrogen functional groups attached to an aromatic ring is 1. The molecule has 3 N–H and O–H groups in total. The van der Waals surface area contributed by atoms with Gasteiger partial charge in [0.25, 0.3) is 0 Å². The third-order valence-electron chi connectivity index (χ3n) is 3.54. The number of hydrogen-bond acceptors (Lipinski definition) is 3. The highest BCUT2D eigenvalue weighted by Gasteiger charge is 2.41. The summed E-state index contributed by atoms with van der Waals surface area (Å²) >= 11 is 3.12. The second-order valence-electron chi connectivity index (χ2n) is 4.95. The van der Waals surface area contributed by atoms with E-state index in [1.165, 1.54) is 18.9 Å². The van der Waals surface area contributed by atoms with Gasteiger partial charge in [0, 0.05) is 26.3 Å². The minimum Gasteiger partial charge on any atom is -0.397 e. The summed E-state index contributed by atoms with van der Waals surface area (Å²) in [5.74, 6) is -0.298. The molecule has 1 aromatic carbocycles. The van der Waals surface area contributed by atoms with Crippen molar-refractivity contribution in [3.05, 3.63) is 22.4 Å². The molecule has 0 atom stereocenters. The number of methoxy groups -OCH3 is 1. The molecular weight excluding hydrogens is 299 g/mol. The lowest BCUT2D eigenvalue weighted by atomic mass is 10.0. The Kier molecular flexibility index (Phi) is 4.12. The van der Waals surface area contributed by atoms with Crippen molar-refractivity contribution in [2.45, 2.75) is 19.3 Å². The second kappa shape index (κ2) is 5.45. The predicted octanol–water partition coefficient (Wildman–Crippen LogP) is 3.40. The molecule has 100 valence electrons. The molecule has 1 aliphatic carbocycles. The maximum Gasteiger partial charge on any atom is 0.139 e. The molecule has 0 saturated heterocycles. The van der Waals surface area contributed by atoms with Gasteiger partial charge < -0.3 is 15.8 Å². The monoisotopic (exact) mass is 316 g/mol. The number of nitrogens with two attached hydrogens (primary N) is 1. The average molecular weight is 317 g/mol. The maximum absolute atomic E-state index is 13.4. The van der Waals surface area contributed by atoms with E-state index in [0.29, 0.717) is 21.3 Å². The van der Waals surface area contributed by atoms with Crippen LogP contribution in [0.25, 0.3) is 0 Å². The zero-order valence-corrected chi connectivity index (χ0v) is 12.0. The van der Waals surface area contributed by atoms with Crippen LogP contribution in [0.5, 0.6) is 0 Å². The first-order valence-electron chi connectivity index (χ1n) is 6.04. The molecule has 0 radical (unpaired) electrons. The van der Waals surface area contributed by atoms with Gasteiger partial charge in [0.2, 0.25) is 0 Å². The third-order valence-corrected chi connectivity index (χ3v) is 4.15. The summed E-state index contributed by atoms with van der Waals surface area (Å²) in [5.41, 5.74) is 7.39. The van der Waals surface area contributed by atoms with Gasteiger partial charge in [-0.25, -0.2) is 4.39 Å². The summed E-state index contributed by atoms with van der Waals surface area (Å²) in [5, 5.41) is 3.25. The van der Waals surface area contributed by atoms with Crippen LogP contribution in [0, 0.1) is 11.2 Å². The van der Waals surface area contributed by atoms with E-state index in [0.717, 1.165) is 19.6 Å². The van der Waals surface area contributed by atoms with Crippen LogP contribution in [0.1, 0.15) is 19.3 Å². The molecule has 1 saturated carbocycles. The molecule has 0 unspecified atom stereocenters. The van der Waals surface area contributed by atoms with Gasteiger partial charge in [-0.1, -0.05) is 0 Å². The smallest absolute Gasteiger partial charge is 0.139 e. The largest absolute Gasteiger partial charge is 0.397 e. The van der Waals surface area contributed by atoms with Crippen LogP contribution in [0.3, 0.4) is 0 Å². The Hall–Kier alpha value is -0.810. The number of ether oxygens (including phenoxy) is 1. The maximum atomic E-state index is 13.4. The predicted molar refractivity (Wildman–Crippen MR) is 75.2 cm³/mol. The van der Waals surface area contributed by atoms with Crippen molar-refractivity contribution in [2.24, 2.45) is 5.41 Å². The van der Waals surface area contributed by atoms with Crippen molar-refractivity contribution in [1.82, 2.24) is 0 Å². The van der Waals surface area contributed by atoms with E-state index in [-0.39, 0.29) is 5.82 Å². The van der Waals surface area contributed by atoms with E-state index in [9.17, 15) is 4.39 Å². The number of anilines is 2.